The van der Waals surface area contributed by atoms with Gasteiger partial charge in [0.1, 0.15) is 23.3 Å². The largest absolute Gasteiger partial charge is 0.467 e. The van der Waals surface area contributed by atoms with Crippen molar-refractivity contribution in [3.05, 3.63) is 24.3 Å². The molecule has 35 heavy (non-hydrogen) atoms. The van der Waals surface area contributed by atoms with Crippen molar-refractivity contribution in [2.24, 2.45) is 0 Å². The Balaban J connectivity index is 0.000000691. The van der Waals surface area contributed by atoms with E-state index in [-0.39, 0.29) is 6.42 Å². The number of nitrogens with one attached hydrogen (secondary N) is 2. The van der Waals surface area contributed by atoms with Crippen LogP contribution in [0.5, 0.6) is 0 Å². The van der Waals surface area contributed by atoms with E-state index in [0.29, 0.717) is 10.1 Å². The molecule has 0 radical (unpaired) electrons. The standard InChI is InChI=1S/C13H19N3O4.C9H16INO4/c1-13(2,3)20-12(18)16-10(11(17)19-4)7-9-8-14-5-6-15-9;1-9(2,3)15-8(13)11-6(5-10)7(12)14-4/h5-6,8,10H,7H2,1-4H3,(H,16,18);6H,5H2,1-4H3,(H,11,13)/t10-;6-/m11/s1. The molecule has 0 saturated heterocycles. The van der Waals surface area contributed by atoms with Gasteiger partial charge in [0.05, 0.1) is 19.9 Å². The Kier molecular flexibility index (Phi) is 14.1. The zero-order valence-electron chi connectivity index (χ0n) is 21.3. The minimum atomic E-state index is -0.869. The number of ether oxygens (including phenoxy) is 4. The zero-order valence-corrected chi connectivity index (χ0v) is 23.5. The second kappa shape index (κ2) is 15.3. The third-order valence-corrected chi connectivity index (χ3v) is 4.42. The Labute approximate surface area is 219 Å². The maximum atomic E-state index is 11.7. The minimum absolute atomic E-state index is 0.180. The molecule has 0 unspecified atom stereocenters. The Morgan fingerprint density at radius 1 is 0.857 bits per heavy atom. The summed E-state index contributed by atoms with van der Waals surface area (Å²) in [5.41, 5.74) is -0.646. The summed E-state index contributed by atoms with van der Waals surface area (Å²) in [6.45, 7) is 10.5. The lowest BCUT2D eigenvalue weighted by molar-refractivity contribution is -0.143. The van der Waals surface area contributed by atoms with E-state index < -0.39 is 47.4 Å². The van der Waals surface area contributed by atoms with Crippen LogP contribution in [0.3, 0.4) is 0 Å². The number of methoxy groups -OCH3 is 2. The van der Waals surface area contributed by atoms with Gasteiger partial charge in [-0.2, -0.15) is 0 Å². The van der Waals surface area contributed by atoms with E-state index in [0.717, 1.165) is 0 Å². The quantitative estimate of drug-likeness (QED) is 0.204. The van der Waals surface area contributed by atoms with Crippen molar-refractivity contribution < 1.29 is 38.1 Å². The van der Waals surface area contributed by atoms with Crippen LogP contribution in [0.15, 0.2) is 18.6 Å². The Morgan fingerprint density at radius 2 is 1.31 bits per heavy atom. The summed E-state index contributed by atoms with van der Waals surface area (Å²) in [6.07, 6.45) is 3.44. The highest BCUT2D eigenvalue weighted by molar-refractivity contribution is 14.1. The van der Waals surface area contributed by atoms with Crippen molar-refractivity contribution in [1.29, 1.82) is 0 Å². The first-order valence-corrected chi connectivity index (χ1v) is 12.1. The highest BCUT2D eigenvalue weighted by Crippen LogP contribution is 2.09. The fourth-order valence-corrected chi connectivity index (χ4v) is 2.76. The monoisotopic (exact) mass is 610 g/mol. The van der Waals surface area contributed by atoms with Crippen molar-refractivity contribution in [2.45, 2.75) is 71.2 Å². The number of amides is 2. The van der Waals surface area contributed by atoms with Crippen molar-refractivity contribution in [1.82, 2.24) is 20.6 Å². The predicted molar refractivity (Wildman–Crippen MR) is 135 cm³/mol. The minimum Gasteiger partial charge on any atom is -0.467 e. The molecule has 0 saturated carbocycles. The van der Waals surface area contributed by atoms with Crippen LogP contribution in [0.4, 0.5) is 9.59 Å². The van der Waals surface area contributed by atoms with E-state index in [4.69, 9.17) is 9.47 Å². The number of alkyl carbamates (subject to hydrolysis) is 2. The number of nitrogens with zero attached hydrogens (tertiary/aromatic N) is 2. The SMILES string of the molecule is COC(=O)[C@@H](CI)NC(=O)OC(C)(C)C.COC(=O)[C@@H](Cc1cnccn1)NC(=O)OC(C)(C)C. The van der Waals surface area contributed by atoms with Gasteiger partial charge in [-0.15, -0.1) is 0 Å². The second-order valence-corrected chi connectivity index (χ2v) is 9.88. The van der Waals surface area contributed by atoms with E-state index in [1.165, 1.54) is 32.8 Å². The Bertz CT molecular complexity index is 825. The first-order valence-electron chi connectivity index (χ1n) is 10.6. The predicted octanol–water partition coefficient (Wildman–Crippen LogP) is 2.57. The maximum Gasteiger partial charge on any atom is 0.408 e. The summed E-state index contributed by atoms with van der Waals surface area (Å²) < 4.78 is 19.7. The van der Waals surface area contributed by atoms with E-state index in [2.05, 4.69) is 30.1 Å². The van der Waals surface area contributed by atoms with Gasteiger partial charge in [0, 0.05) is 29.4 Å². The molecule has 2 N–H and O–H groups in total. The summed E-state index contributed by atoms with van der Waals surface area (Å²) in [4.78, 5) is 53.8. The number of carbonyl (C=O) groups is 4. The Morgan fingerprint density at radius 3 is 1.69 bits per heavy atom. The topological polar surface area (TPSA) is 155 Å². The molecule has 0 aliphatic heterocycles. The van der Waals surface area contributed by atoms with Crippen LogP contribution < -0.4 is 10.6 Å². The number of esters is 2. The number of halogens is 1. The fourth-order valence-electron chi connectivity index (χ4n) is 2.18. The molecule has 1 aromatic rings. The molecular weight excluding hydrogens is 575 g/mol. The lowest BCUT2D eigenvalue weighted by atomic mass is 10.1. The molecule has 1 heterocycles. The molecule has 12 nitrogen and oxygen atoms in total. The van der Waals surface area contributed by atoms with Crippen molar-refractivity contribution >= 4 is 46.7 Å². The third kappa shape index (κ3) is 15.7. The van der Waals surface area contributed by atoms with E-state index in [9.17, 15) is 19.2 Å². The molecule has 2 amide bonds. The summed E-state index contributed by atoms with van der Waals surface area (Å²) in [7, 11) is 2.53. The molecule has 1 rings (SSSR count). The lowest BCUT2D eigenvalue weighted by Crippen LogP contribution is -2.45. The van der Waals surface area contributed by atoms with Crippen LogP contribution in [0.1, 0.15) is 47.2 Å². The summed E-state index contributed by atoms with van der Waals surface area (Å²) in [6, 6.07) is -1.53. The van der Waals surface area contributed by atoms with Crippen LogP contribution >= 0.6 is 22.6 Å². The molecule has 0 aliphatic rings. The summed E-state index contributed by atoms with van der Waals surface area (Å²) in [5, 5.41) is 4.90. The normalized spacial score (nSPS) is 12.6. The van der Waals surface area contributed by atoms with Crippen molar-refractivity contribution in [2.75, 3.05) is 18.6 Å². The van der Waals surface area contributed by atoms with Crippen LogP contribution in [0, 0.1) is 0 Å². The molecule has 0 aromatic carbocycles. The third-order valence-electron chi connectivity index (χ3n) is 3.54. The van der Waals surface area contributed by atoms with E-state index >= 15 is 0 Å². The van der Waals surface area contributed by atoms with Gasteiger partial charge < -0.3 is 29.6 Å². The number of rotatable bonds is 7. The van der Waals surface area contributed by atoms with Crippen molar-refractivity contribution in [3.8, 4) is 0 Å². The van der Waals surface area contributed by atoms with Crippen LogP contribution in [-0.2, 0) is 35.0 Å². The zero-order chi connectivity index (χ0) is 27.2. The lowest BCUT2D eigenvalue weighted by Gasteiger charge is -2.22. The van der Waals surface area contributed by atoms with Crippen LogP contribution in [0.2, 0.25) is 0 Å². The molecule has 13 heteroatoms. The van der Waals surface area contributed by atoms with E-state index in [1.54, 1.807) is 41.5 Å². The van der Waals surface area contributed by atoms with Gasteiger partial charge >= 0.3 is 24.1 Å². The highest BCUT2D eigenvalue weighted by atomic mass is 127. The number of carbonyl (C=O) groups excluding carboxylic acids is 4. The molecule has 0 bridgehead atoms. The number of hydrogen-bond donors (Lipinski definition) is 2. The van der Waals surface area contributed by atoms with Gasteiger partial charge in [0.2, 0.25) is 0 Å². The second-order valence-electron chi connectivity index (χ2n) is 9.00. The average molecular weight is 610 g/mol. The van der Waals surface area contributed by atoms with Crippen molar-refractivity contribution in [3.63, 3.8) is 0 Å². The van der Waals surface area contributed by atoms with Gasteiger partial charge in [-0.1, -0.05) is 22.6 Å². The maximum absolute atomic E-state index is 11.7. The average Bonchev–Trinajstić information content (AvgIpc) is 2.74. The molecule has 0 fully saturated rings. The highest BCUT2D eigenvalue weighted by Gasteiger charge is 2.26. The first kappa shape index (κ1) is 32.3. The smallest absolute Gasteiger partial charge is 0.408 e. The first-order chi connectivity index (χ1) is 16.1. The van der Waals surface area contributed by atoms with Crippen LogP contribution in [0.25, 0.3) is 0 Å². The van der Waals surface area contributed by atoms with Gasteiger partial charge in [-0.05, 0) is 41.5 Å². The van der Waals surface area contributed by atoms with Gasteiger partial charge in [-0.25, -0.2) is 19.2 Å². The molecule has 0 aliphatic carbocycles. The Hall–Kier alpha value is -2.71. The molecule has 1 aromatic heterocycles. The number of hydrogen-bond acceptors (Lipinski definition) is 10. The number of alkyl halides is 1. The molecular formula is C22H35IN4O8. The van der Waals surface area contributed by atoms with Crippen LogP contribution in [-0.4, -0.2) is 76.0 Å². The van der Waals surface area contributed by atoms with Gasteiger partial charge in [0.25, 0.3) is 0 Å². The molecule has 198 valence electrons. The molecule has 0 spiro atoms. The fraction of sp³-hybridized carbons (Fsp3) is 0.636. The number of aromatic nitrogens is 2. The molecule has 2 atom stereocenters. The summed E-state index contributed by atoms with van der Waals surface area (Å²) >= 11 is 1.99. The van der Waals surface area contributed by atoms with Gasteiger partial charge in [-0.3, -0.25) is 9.97 Å². The van der Waals surface area contributed by atoms with Gasteiger partial charge in [0.15, 0.2) is 0 Å². The summed E-state index contributed by atoms with van der Waals surface area (Å²) in [5.74, 6) is -1.04. The van der Waals surface area contributed by atoms with E-state index in [1.807, 2.05) is 22.6 Å².